The van der Waals surface area contributed by atoms with E-state index >= 15 is 0 Å². The molecule has 17 heavy (non-hydrogen) atoms. The fourth-order valence-corrected chi connectivity index (χ4v) is 2.86. The molecule has 0 bridgehead atoms. The molecule has 2 nitrogen and oxygen atoms in total. The van der Waals surface area contributed by atoms with Gasteiger partial charge in [-0.1, -0.05) is 13.0 Å². The fourth-order valence-electron chi connectivity index (χ4n) is 1.84. The first-order chi connectivity index (χ1) is 8.09. The quantitative estimate of drug-likeness (QED) is 0.770. The molecule has 0 aromatic heterocycles. The highest BCUT2D eigenvalue weighted by Crippen LogP contribution is 2.21. The number of hydrogen-bond donors (Lipinski definition) is 0. The Morgan fingerprint density at radius 3 is 2.94 bits per heavy atom. The number of rotatable bonds is 1. The smallest absolute Gasteiger partial charge is 0.257 e. The van der Waals surface area contributed by atoms with E-state index < -0.39 is 17.5 Å². The summed E-state index contributed by atoms with van der Waals surface area (Å²) in [7, 11) is 0. The largest absolute Gasteiger partial charge is 0.337 e. The second kappa shape index (κ2) is 5.04. The van der Waals surface area contributed by atoms with Crippen LogP contribution in [0.1, 0.15) is 17.3 Å². The fraction of sp³-hybridized carbons (Fsp3) is 0.417. The standard InChI is InChI=1S/C12H13F2NOS/c1-8-7-15(5-6-17-8)12(16)9-3-2-4-10(13)11(9)14/h2-4,8H,5-7H2,1H3. The summed E-state index contributed by atoms with van der Waals surface area (Å²) in [6, 6.07) is 3.70. The molecule has 0 saturated carbocycles. The van der Waals surface area contributed by atoms with Gasteiger partial charge in [-0.2, -0.15) is 11.8 Å². The Kier molecular flexibility index (Phi) is 3.66. The van der Waals surface area contributed by atoms with Crippen molar-refractivity contribution in [3.8, 4) is 0 Å². The number of carbonyl (C=O) groups is 1. The molecule has 1 fully saturated rings. The lowest BCUT2D eigenvalue weighted by Crippen LogP contribution is -2.41. The molecule has 1 amide bonds. The first-order valence-electron chi connectivity index (χ1n) is 5.44. The topological polar surface area (TPSA) is 20.3 Å². The maximum atomic E-state index is 13.5. The first kappa shape index (κ1) is 12.4. The summed E-state index contributed by atoms with van der Waals surface area (Å²) in [6.07, 6.45) is 0. The van der Waals surface area contributed by atoms with E-state index in [0.717, 1.165) is 11.8 Å². The normalized spacial score (nSPS) is 20.4. The van der Waals surface area contributed by atoms with E-state index in [-0.39, 0.29) is 5.56 Å². The predicted octanol–water partition coefficient (Wildman–Crippen LogP) is 2.54. The van der Waals surface area contributed by atoms with Crippen LogP contribution < -0.4 is 0 Å². The van der Waals surface area contributed by atoms with Gasteiger partial charge < -0.3 is 4.90 Å². The Hall–Kier alpha value is -1.10. The van der Waals surface area contributed by atoms with E-state index in [1.54, 1.807) is 16.7 Å². The van der Waals surface area contributed by atoms with E-state index in [4.69, 9.17) is 0 Å². The molecule has 0 spiro atoms. The number of hydrogen-bond acceptors (Lipinski definition) is 2. The number of carbonyl (C=O) groups excluding carboxylic acids is 1. The molecule has 1 aliphatic heterocycles. The molecule has 1 atom stereocenters. The van der Waals surface area contributed by atoms with Crippen molar-refractivity contribution in [2.45, 2.75) is 12.2 Å². The van der Waals surface area contributed by atoms with Crippen LogP contribution >= 0.6 is 11.8 Å². The first-order valence-corrected chi connectivity index (χ1v) is 6.49. The molecular formula is C12H13F2NOS. The molecule has 92 valence electrons. The third-order valence-corrected chi connectivity index (χ3v) is 3.85. The lowest BCUT2D eigenvalue weighted by Gasteiger charge is -2.30. The molecule has 5 heteroatoms. The Morgan fingerprint density at radius 1 is 1.47 bits per heavy atom. The molecule has 1 aliphatic rings. The van der Waals surface area contributed by atoms with Crippen LogP contribution in [0, 0.1) is 11.6 Å². The summed E-state index contributed by atoms with van der Waals surface area (Å²) in [5.74, 6) is -1.61. The van der Waals surface area contributed by atoms with Crippen molar-refractivity contribution in [2.75, 3.05) is 18.8 Å². The van der Waals surface area contributed by atoms with Crippen LogP contribution in [0.2, 0.25) is 0 Å². The highest BCUT2D eigenvalue weighted by Gasteiger charge is 2.25. The van der Waals surface area contributed by atoms with Gasteiger partial charge in [-0.25, -0.2) is 8.78 Å². The maximum Gasteiger partial charge on any atom is 0.257 e. The Balaban J connectivity index is 2.22. The third-order valence-electron chi connectivity index (χ3n) is 2.71. The van der Waals surface area contributed by atoms with Crippen molar-refractivity contribution in [3.63, 3.8) is 0 Å². The van der Waals surface area contributed by atoms with Gasteiger partial charge in [0.25, 0.3) is 5.91 Å². The van der Waals surface area contributed by atoms with Crippen LogP contribution in [0.15, 0.2) is 18.2 Å². The number of thioether (sulfide) groups is 1. The summed E-state index contributed by atoms with van der Waals surface area (Å²) in [6.45, 7) is 3.19. The van der Waals surface area contributed by atoms with Gasteiger partial charge >= 0.3 is 0 Å². The lowest BCUT2D eigenvalue weighted by atomic mass is 10.1. The monoisotopic (exact) mass is 257 g/mol. The van der Waals surface area contributed by atoms with Crippen LogP contribution in [0.25, 0.3) is 0 Å². The van der Waals surface area contributed by atoms with Crippen molar-refractivity contribution in [1.29, 1.82) is 0 Å². The van der Waals surface area contributed by atoms with Crippen molar-refractivity contribution in [1.82, 2.24) is 4.90 Å². The number of halogens is 2. The molecule has 1 saturated heterocycles. The SMILES string of the molecule is CC1CN(C(=O)c2cccc(F)c2F)CCS1. The van der Waals surface area contributed by atoms with E-state index in [0.29, 0.717) is 18.3 Å². The summed E-state index contributed by atoms with van der Waals surface area (Å²) < 4.78 is 26.5. The highest BCUT2D eigenvalue weighted by atomic mass is 32.2. The number of amides is 1. The predicted molar refractivity (Wildman–Crippen MR) is 64.2 cm³/mol. The van der Waals surface area contributed by atoms with E-state index in [1.165, 1.54) is 12.1 Å². The van der Waals surface area contributed by atoms with Crippen molar-refractivity contribution >= 4 is 17.7 Å². The van der Waals surface area contributed by atoms with Gasteiger partial charge in [0.15, 0.2) is 11.6 Å². The van der Waals surface area contributed by atoms with E-state index in [2.05, 4.69) is 0 Å². The summed E-state index contributed by atoms with van der Waals surface area (Å²) >= 11 is 1.78. The maximum absolute atomic E-state index is 13.5. The Morgan fingerprint density at radius 2 is 2.24 bits per heavy atom. The van der Waals surface area contributed by atoms with Crippen molar-refractivity contribution in [3.05, 3.63) is 35.4 Å². The minimum absolute atomic E-state index is 0.177. The molecule has 0 aliphatic carbocycles. The molecule has 1 aromatic carbocycles. The lowest BCUT2D eigenvalue weighted by molar-refractivity contribution is 0.0757. The number of nitrogens with zero attached hydrogens (tertiary/aromatic N) is 1. The van der Waals surface area contributed by atoms with Gasteiger partial charge in [0, 0.05) is 24.1 Å². The minimum atomic E-state index is -1.05. The summed E-state index contributed by atoms with van der Waals surface area (Å²) in [4.78, 5) is 13.6. The Bertz CT molecular complexity index is 439. The van der Waals surface area contributed by atoms with Crippen LogP contribution in [0.4, 0.5) is 8.78 Å². The second-order valence-electron chi connectivity index (χ2n) is 4.03. The van der Waals surface area contributed by atoms with Crippen molar-refractivity contribution < 1.29 is 13.6 Å². The average molecular weight is 257 g/mol. The Labute approximate surface area is 103 Å². The van der Waals surface area contributed by atoms with Gasteiger partial charge in [-0.05, 0) is 12.1 Å². The minimum Gasteiger partial charge on any atom is -0.337 e. The molecule has 0 N–H and O–H groups in total. The van der Waals surface area contributed by atoms with Crippen molar-refractivity contribution in [2.24, 2.45) is 0 Å². The summed E-state index contributed by atoms with van der Waals surface area (Å²) in [5, 5.41) is 0.337. The zero-order valence-corrected chi connectivity index (χ0v) is 10.3. The van der Waals surface area contributed by atoms with Gasteiger partial charge in [-0.3, -0.25) is 4.79 Å². The second-order valence-corrected chi connectivity index (χ2v) is 5.58. The van der Waals surface area contributed by atoms with Gasteiger partial charge in [0.1, 0.15) is 0 Å². The zero-order chi connectivity index (χ0) is 12.4. The summed E-state index contributed by atoms with van der Waals surface area (Å²) in [5.41, 5.74) is -0.177. The zero-order valence-electron chi connectivity index (χ0n) is 9.45. The van der Waals surface area contributed by atoms with E-state index in [1.807, 2.05) is 6.92 Å². The molecule has 0 radical (unpaired) electrons. The molecule has 1 heterocycles. The van der Waals surface area contributed by atoms with Gasteiger partial charge in [-0.15, -0.1) is 0 Å². The van der Waals surface area contributed by atoms with Crippen LogP contribution in [-0.2, 0) is 0 Å². The molecule has 1 unspecified atom stereocenters. The molecule has 1 aromatic rings. The van der Waals surface area contributed by atoms with Gasteiger partial charge in [0.05, 0.1) is 5.56 Å². The van der Waals surface area contributed by atoms with Crippen LogP contribution in [0.3, 0.4) is 0 Å². The third kappa shape index (κ3) is 2.60. The van der Waals surface area contributed by atoms with Crippen LogP contribution in [0.5, 0.6) is 0 Å². The molecule has 2 rings (SSSR count). The highest BCUT2D eigenvalue weighted by molar-refractivity contribution is 7.99. The van der Waals surface area contributed by atoms with Gasteiger partial charge in [0.2, 0.25) is 0 Å². The van der Waals surface area contributed by atoms with Crippen LogP contribution in [-0.4, -0.2) is 34.9 Å². The van der Waals surface area contributed by atoms with E-state index in [9.17, 15) is 13.6 Å². The average Bonchev–Trinajstić information content (AvgIpc) is 2.32. The molecular weight excluding hydrogens is 244 g/mol. The number of benzene rings is 1.